The van der Waals surface area contributed by atoms with Crippen molar-refractivity contribution < 1.29 is 23.6 Å². The van der Waals surface area contributed by atoms with Crippen molar-refractivity contribution in [1.29, 1.82) is 0 Å². The average molecular weight is 503 g/mol. The van der Waals surface area contributed by atoms with Gasteiger partial charge in [0.2, 0.25) is 5.91 Å². The third kappa shape index (κ3) is 5.03. The molecule has 1 fully saturated rings. The number of carbonyl (C=O) groups excluding carboxylic acids is 4. The average Bonchev–Trinajstić information content (AvgIpc) is 3.44. The summed E-state index contributed by atoms with van der Waals surface area (Å²) < 4.78 is 13.9. The second-order valence-electron chi connectivity index (χ2n) is 8.61. The lowest BCUT2D eigenvalue weighted by Gasteiger charge is -2.28. The molecule has 2 aliphatic heterocycles. The Morgan fingerprint density at radius 2 is 2.03 bits per heavy atom. The van der Waals surface area contributed by atoms with Crippen LogP contribution in [0.3, 0.4) is 0 Å². The Morgan fingerprint density at radius 1 is 1.26 bits per heavy atom. The van der Waals surface area contributed by atoms with Gasteiger partial charge in [-0.25, -0.2) is 14.4 Å². The van der Waals surface area contributed by atoms with Gasteiger partial charge in [-0.05, 0) is 36.6 Å². The summed E-state index contributed by atoms with van der Waals surface area (Å²) in [5, 5.41) is 11.6. The Kier molecular flexibility index (Phi) is 7.13. The van der Waals surface area contributed by atoms with Gasteiger partial charge in [0, 0.05) is 33.2 Å². The van der Waals surface area contributed by atoms with E-state index in [-0.39, 0.29) is 23.4 Å². The summed E-state index contributed by atoms with van der Waals surface area (Å²) in [4.78, 5) is 55.1. The maximum absolute atomic E-state index is 13.9. The lowest BCUT2D eigenvalue weighted by molar-refractivity contribution is -0.148. The Hall–Kier alpha value is -3.38. The van der Waals surface area contributed by atoms with Crippen molar-refractivity contribution in [3.63, 3.8) is 0 Å². The summed E-state index contributed by atoms with van der Waals surface area (Å²) in [5.74, 6) is -2.55. The van der Waals surface area contributed by atoms with Gasteiger partial charge < -0.3 is 16.0 Å². The number of benzene rings is 1. The van der Waals surface area contributed by atoms with Gasteiger partial charge in [0.05, 0.1) is 11.6 Å². The van der Waals surface area contributed by atoms with E-state index >= 15 is 0 Å². The van der Waals surface area contributed by atoms with Crippen LogP contribution in [0.1, 0.15) is 55.7 Å². The summed E-state index contributed by atoms with van der Waals surface area (Å²) in [7, 11) is 1.48. The highest BCUT2D eigenvalue weighted by Gasteiger charge is 2.38. The predicted molar refractivity (Wildman–Crippen MR) is 126 cm³/mol. The molecule has 1 unspecified atom stereocenters. The number of nitrogens with one attached hydrogen (secondary N) is 3. The fourth-order valence-corrected chi connectivity index (χ4v) is 5.13. The van der Waals surface area contributed by atoms with E-state index in [1.54, 1.807) is 24.9 Å². The molecule has 4 rings (SSSR count). The maximum Gasteiger partial charge on any atom is 0.280 e. The number of aryl methyl sites for hydroxylation is 1. The normalized spacial score (nSPS) is 18.3. The minimum absolute atomic E-state index is 0.0182. The van der Waals surface area contributed by atoms with Gasteiger partial charge in [-0.3, -0.25) is 24.2 Å². The van der Waals surface area contributed by atoms with Gasteiger partial charge in [-0.1, -0.05) is 13.0 Å². The molecule has 1 aromatic carbocycles. The van der Waals surface area contributed by atoms with Crippen LogP contribution in [0, 0.1) is 18.7 Å². The molecule has 0 bridgehead atoms. The minimum atomic E-state index is -0.946. The fourth-order valence-electron chi connectivity index (χ4n) is 4.20. The van der Waals surface area contributed by atoms with Crippen LogP contribution in [0.5, 0.6) is 0 Å². The van der Waals surface area contributed by atoms with Gasteiger partial charge in [-0.15, -0.1) is 11.3 Å². The lowest BCUT2D eigenvalue weighted by atomic mass is 9.98. The smallest absolute Gasteiger partial charge is 0.280 e. The van der Waals surface area contributed by atoms with Gasteiger partial charge in [0.25, 0.3) is 17.7 Å². The number of fused-ring (bicyclic) bond motifs is 2. The largest absolute Gasteiger partial charge is 0.353 e. The molecule has 0 saturated carbocycles. The highest BCUT2D eigenvalue weighted by atomic mass is 32.1. The van der Waals surface area contributed by atoms with Gasteiger partial charge in [-0.2, -0.15) is 0 Å². The summed E-state index contributed by atoms with van der Waals surface area (Å²) in [6.45, 7) is 4.91. The summed E-state index contributed by atoms with van der Waals surface area (Å²) in [6.07, 6.45) is 0.804. The van der Waals surface area contributed by atoms with Crippen molar-refractivity contribution >= 4 is 35.0 Å². The number of thiazole rings is 1. The molecule has 2 aliphatic rings. The third-order valence-corrected chi connectivity index (χ3v) is 7.28. The standard InChI is InChI=1S/C23H27FN6O4S/c1-12(10-26-20(32)18-13(2)27-22(35-18)21(33)25-3)19(31)28-17-16-6-5-15(24)9-14(16)11-29-7-4-8-30(29)23(17)34/h5-6,9,12,17H,4,7-8,10-11H2,1-3H3,(H,25,33)(H,26,32)(H,28,31)/t12-,17?/m1/s1. The minimum Gasteiger partial charge on any atom is -0.353 e. The van der Waals surface area contributed by atoms with Crippen molar-refractivity contribution in [2.45, 2.75) is 32.9 Å². The summed E-state index contributed by atoms with van der Waals surface area (Å²) in [5.41, 5.74) is 1.64. The molecular formula is C23H27FN6O4S. The number of nitrogens with zero attached hydrogens (tertiary/aromatic N) is 3. The van der Waals surface area contributed by atoms with E-state index in [0.29, 0.717) is 41.3 Å². The van der Waals surface area contributed by atoms with Crippen LogP contribution in [0.2, 0.25) is 0 Å². The van der Waals surface area contributed by atoms with E-state index in [0.717, 1.165) is 17.8 Å². The second-order valence-corrected chi connectivity index (χ2v) is 9.61. The number of aromatic nitrogens is 1. The Labute approximate surface area is 205 Å². The number of halogens is 1. The molecule has 35 heavy (non-hydrogen) atoms. The maximum atomic E-state index is 13.9. The van der Waals surface area contributed by atoms with Crippen LogP contribution in [-0.2, 0) is 16.1 Å². The molecule has 3 N–H and O–H groups in total. The SMILES string of the molecule is CNC(=O)c1nc(C)c(C(=O)NC[C@@H](C)C(=O)NC2C(=O)N3CCCN3Cc3cc(F)ccc32)s1. The highest BCUT2D eigenvalue weighted by Crippen LogP contribution is 2.30. The van der Waals surface area contributed by atoms with Gasteiger partial charge in [0.15, 0.2) is 5.01 Å². The molecule has 1 saturated heterocycles. The van der Waals surface area contributed by atoms with E-state index in [4.69, 9.17) is 0 Å². The molecule has 10 nitrogen and oxygen atoms in total. The van der Waals surface area contributed by atoms with Crippen LogP contribution < -0.4 is 16.0 Å². The first-order chi connectivity index (χ1) is 16.7. The highest BCUT2D eigenvalue weighted by molar-refractivity contribution is 7.15. The van der Waals surface area contributed by atoms with Crippen molar-refractivity contribution in [3.05, 3.63) is 50.7 Å². The van der Waals surface area contributed by atoms with E-state index < -0.39 is 29.6 Å². The summed E-state index contributed by atoms with van der Waals surface area (Å²) in [6, 6.07) is 3.28. The Morgan fingerprint density at radius 3 is 2.77 bits per heavy atom. The van der Waals surface area contributed by atoms with Crippen LogP contribution in [-0.4, -0.2) is 65.3 Å². The predicted octanol–water partition coefficient (Wildman–Crippen LogP) is 1.14. The van der Waals surface area contributed by atoms with Crippen molar-refractivity contribution in [2.24, 2.45) is 5.92 Å². The number of hydrogen-bond donors (Lipinski definition) is 3. The molecule has 2 atom stereocenters. The van der Waals surface area contributed by atoms with Gasteiger partial charge in [0.1, 0.15) is 16.7 Å². The zero-order valence-electron chi connectivity index (χ0n) is 19.7. The topological polar surface area (TPSA) is 124 Å². The molecule has 0 radical (unpaired) electrons. The molecule has 4 amide bonds. The van der Waals surface area contributed by atoms with E-state index in [1.165, 1.54) is 19.2 Å². The zero-order chi connectivity index (χ0) is 25.3. The molecule has 3 heterocycles. The number of hydrogen-bond acceptors (Lipinski definition) is 7. The quantitative estimate of drug-likeness (QED) is 0.544. The molecule has 1 aromatic heterocycles. The molecule has 0 spiro atoms. The first-order valence-electron chi connectivity index (χ1n) is 11.3. The Bertz CT molecular complexity index is 1180. The second kappa shape index (κ2) is 10.1. The zero-order valence-corrected chi connectivity index (χ0v) is 20.5. The number of amides is 4. The number of carbonyl (C=O) groups is 4. The van der Waals surface area contributed by atoms with Crippen LogP contribution in [0.15, 0.2) is 18.2 Å². The van der Waals surface area contributed by atoms with Crippen LogP contribution in [0.4, 0.5) is 4.39 Å². The molecule has 186 valence electrons. The van der Waals surface area contributed by atoms with Crippen molar-refractivity contribution in [3.8, 4) is 0 Å². The summed E-state index contributed by atoms with van der Waals surface area (Å²) >= 11 is 0.972. The van der Waals surface area contributed by atoms with E-state index in [2.05, 4.69) is 20.9 Å². The van der Waals surface area contributed by atoms with Crippen LogP contribution in [0.25, 0.3) is 0 Å². The fraction of sp³-hybridized carbons (Fsp3) is 0.435. The molecule has 0 aliphatic carbocycles. The van der Waals surface area contributed by atoms with Crippen molar-refractivity contribution in [2.75, 3.05) is 26.7 Å². The number of rotatable bonds is 6. The van der Waals surface area contributed by atoms with E-state index in [9.17, 15) is 23.6 Å². The third-order valence-electron chi connectivity index (χ3n) is 6.12. The van der Waals surface area contributed by atoms with E-state index in [1.807, 2.05) is 5.01 Å². The first-order valence-corrected chi connectivity index (χ1v) is 12.1. The lowest BCUT2D eigenvalue weighted by Crippen LogP contribution is -2.47. The van der Waals surface area contributed by atoms with Gasteiger partial charge >= 0.3 is 0 Å². The monoisotopic (exact) mass is 502 g/mol. The van der Waals surface area contributed by atoms with Crippen LogP contribution >= 0.6 is 11.3 Å². The number of hydrazine groups is 1. The molecular weight excluding hydrogens is 475 g/mol. The molecule has 2 aromatic rings. The molecule has 12 heteroatoms. The van der Waals surface area contributed by atoms with Crippen molar-refractivity contribution in [1.82, 2.24) is 31.0 Å². The Balaban J connectivity index is 1.44. The first kappa shape index (κ1) is 24.7.